The molecule has 0 aromatic heterocycles. The molecule has 30 heavy (non-hydrogen) atoms. The molecular weight excluding hydrogens is 540 g/mol. The molecule has 2 rings (SSSR count). The number of sulfonamides is 1. The van der Waals surface area contributed by atoms with Crippen molar-refractivity contribution < 1.29 is 31.1 Å². The van der Waals surface area contributed by atoms with Crippen LogP contribution in [0.1, 0.15) is 0 Å². The van der Waals surface area contributed by atoms with Crippen molar-refractivity contribution in [2.45, 2.75) is 6.36 Å². The third-order valence-corrected chi connectivity index (χ3v) is 3.78. The molecule has 4 N–H and O–H groups in total. The molecule has 0 saturated heterocycles. The van der Waals surface area contributed by atoms with Crippen LogP contribution in [0.25, 0.3) is 0 Å². The zero-order valence-corrected chi connectivity index (χ0v) is 18.8. The third-order valence-electron chi connectivity index (χ3n) is 3.18. The lowest BCUT2D eigenvalue weighted by atomic mass is 10.3. The summed E-state index contributed by atoms with van der Waals surface area (Å²) in [4.78, 5) is 3.97. The van der Waals surface area contributed by atoms with Gasteiger partial charge in [0.25, 0.3) is 0 Å². The van der Waals surface area contributed by atoms with Crippen LogP contribution in [0.4, 0.5) is 24.5 Å². The van der Waals surface area contributed by atoms with E-state index in [9.17, 15) is 21.6 Å². The summed E-state index contributed by atoms with van der Waals surface area (Å²) in [5.41, 5.74) is 6.09. The highest BCUT2D eigenvalue weighted by molar-refractivity contribution is 14.0. The average molecular weight is 560 g/mol. The van der Waals surface area contributed by atoms with E-state index in [4.69, 9.17) is 10.5 Å². The van der Waals surface area contributed by atoms with E-state index in [0.717, 1.165) is 12.3 Å². The summed E-state index contributed by atoms with van der Waals surface area (Å²) in [5.74, 6) is -0.0635. The van der Waals surface area contributed by atoms with Crippen molar-refractivity contribution >= 4 is 51.3 Å². The van der Waals surface area contributed by atoms with E-state index in [-0.39, 0.29) is 48.8 Å². The van der Waals surface area contributed by atoms with E-state index < -0.39 is 22.1 Å². The highest BCUT2D eigenvalue weighted by atomic mass is 127. The maximum atomic E-state index is 12.4. The van der Waals surface area contributed by atoms with Crippen LogP contribution in [0, 0.1) is 0 Å². The standard InChI is InChI=1S/C17H19F3N4O4S.HI/c1-29(25,26)24-12-6-8-13(9-7-12)27-11-10-22-16(21)23-14-4-2-3-5-15(14)28-17(18,19)20;/h2-9,24H,10-11H2,1H3,(H3,21,22,23);1H. The smallest absolute Gasteiger partial charge is 0.492 e. The number of hydrogen-bond donors (Lipinski definition) is 3. The SMILES string of the molecule is CS(=O)(=O)Nc1ccc(OCCN=C(N)Nc2ccccc2OC(F)(F)F)cc1.I. The quantitative estimate of drug-likeness (QED) is 0.198. The molecule has 8 nitrogen and oxygen atoms in total. The lowest BCUT2D eigenvalue weighted by Gasteiger charge is -2.14. The lowest BCUT2D eigenvalue weighted by molar-refractivity contribution is -0.274. The number of nitrogens with one attached hydrogen (secondary N) is 2. The van der Waals surface area contributed by atoms with Crippen LogP contribution < -0.4 is 25.2 Å². The minimum Gasteiger partial charge on any atom is -0.492 e. The van der Waals surface area contributed by atoms with Gasteiger partial charge >= 0.3 is 6.36 Å². The zero-order valence-electron chi connectivity index (χ0n) is 15.6. The molecular formula is C17H20F3IN4O4S. The van der Waals surface area contributed by atoms with Gasteiger partial charge in [0, 0.05) is 5.69 Å². The summed E-state index contributed by atoms with van der Waals surface area (Å²) in [6.45, 7) is 0.270. The number of hydrogen-bond acceptors (Lipinski definition) is 5. The van der Waals surface area contributed by atoms with E-state index in [1.54, 1.807) is 12.1 Å². The molecule has 0 amide bonds. The number of anilines is 2. The van der Waals surface area contributed by atoms with Gasteiger partial charge in [-0.3, -0.25) is 4.72 Å². The van der Waals surface area contributed by atoms with E-state index >= 15 is 0 Å². The second-order valence-corrected chi connectivity index (χ2v) is 7.43. The van der Waals surface area contributed by atoms with Gasteiger partial charge in [-0.1, -0.05) is 12.1 Å². The van der Waals surface area contributed by atoms with E-state index in [2.05, 4.69) is 19.8 Å². The zero-order chi connectivity index (χ0) is 21.5. The highest BCUT2D eigenvalue weighted by Gasteiger charge is 2.32. The third kappa shape index (κ3) is 9.87. The van der Waals surface area contributed by atoms with Crippen LogP contribution >= 0.6 is 24.0 Å². The summed E-state index contributed by atoms with van der Waals surface area (Å²) in [6, 6.07) is 11.6. The summed E-state index contributed by atoms with van der Waals surface area (Å²) in [6.07, 6.45) is -3.79. The molecule has 0 atom stereocenters. The molecule has 0 aliphatic heterocycles. The maximum absolute atomic E-state index is 12.4. The van der Waals surface area contributed by atoms with Crippen LogP contribution in [0.2, 0.25) is 0 Å². The van der Waals surface area contributed by atoms with Crippen molar-refractivity contribution in [3.63, 3.8) is 0 Å². The Morgan fingerprint density at radius 3 is 2.37 bits per heavy atom. The highest BCUT2D eigenvalue weighted by Crippen LogP contribution is 2.29. The molecule has 0 bridgehead atoms. The Balaban J connectivity index is 0.00000450. The van der Waals surface area contributed by atoms with Gasteiger partial charge in [0.05, 0.1) is 18.5 Å². The minimum atomic E-state index is -4.83. The van der Waals surface area contributed by atoms with E-state index in [0.29, 0.717) is 11.4 Å². The summed E-state index contributed by atoms with van der Waals surface area (Å²) in [5, 5.41) is 2.54. The van der Waals surface area contributed by atoms with Crippen molar-refractivity contribution in [1.82, 2.24) is 0 Å². The number of halogens is 4. The van der Waals surface area contributed by atoms with Gasteiger partial charge in [-0.15, -0.1) is 37.1 Å². The van der Waals surface area contributed by atoms with Gasteiger partial charge in [-0.25, -0.2) is 13.4 Å². The molecule has 2 aromatic carbocycles. The van der Waals surface area contributed by atoms with E-state index in [1.165, 1.54) is 30.3 Å². The van der Waals surface area contributed by atoms with Gasteiger partial charge in [0.2, 0.25) is 10.0 Å². The molecule has 2 aromatic rings. The Bertz CT molecular complexity index is 954. The summed E-state index contributed by atoms with van der Waals surface area (Å²) < 4.78 is 71.2. The van der Waals surface area contributed by atoms with Gasteiger partial charge in [0.15, 0.2) is 11.7 Å². The van der Waals surface area contributed by atoms with Crippen molar-refractivity contribution in [2.75, 3.05) is 29.4 Å². The first-order chi connectivity index (χ1) is 13.5. The maximum Gasteiger partial charge on any atom is 0.573 e. The number of alkyl halides is 3. The topological polar surface area (TPSA) is 115 Å². The molecule has 0 radical (unpaired) electrons. The molecule has 0 aliphatic rings. The Kier molecular flexibility index (Phi) is 9.48. The number of aliphatic imine (C=N–C) groups is 1. The molecule has 0 saturated carbocycles. The molecule has 0 fully saturated rings. The Labute approximate surface area is 188 Å². The molecule has 0 aliphatic carbocycles. The second kappa shape index (κ2) is 11.1. The van der Waals surface area contributed by atoms with Crippen molar-refractivity contribution in [2.24, 2.45) is 10.7 Å². The summed E-state index contributed by atoms with van der Waals surface area (Å²) in [7, 11) is -3.36. The normalized spacial score (nSPS) is 11.9. The molecule has 13 heteroatoms. The lowest BCUT2D eigenvalue weighted by Crippen LogP contribution is -2.25. The molecule has 166 valence electrons. The van der Waals surface area contributed by atoms with Crippen LogP contribution in [0.3, 0.4) is 0 Å². The largest absolute Gasteiger partial charge is 0.573 e. The fourth-order valence-corrected chi connectivity index (χ4v) is 2.69. The first-order valence-corrected chi connectivity index (χ1v) is 10.0. The number of benzene rings is 2. The van der Waals surface area contributed by atoms with Crippen molar-refractivity contribution in [1.29, 1.82) is 0 Å². The molecule has 0 unspecified atom stereocenters. The van der Waals surface area contributed by atoms with E-state index in [1.807, 2.05) is 0 Å². The minimum absolute atomic E-state index is 0. The monoisotopic (exact) mass is 560 g/mol. The number of nitrogens with zero attached hydrogens (tertiary/aromatic N) is 1. The predicted octanol–water partition coefficient (Wildman–Crippen LogP) is 3.38. The van der Waals surface area contributed by atoms with Gasteiger partial charge in [-0.2, -0.15) is 0 Å². The number of ether oxygens (including phenoxy) is 2. The molecule has 0 spiro atoms. The van der Waals surface area contributed by atoms with Crippen LogP contribution in [0.5, 0.6) is 11.5 Å². The average Bonchev–Trinajstić information content (AvgIpc) is 2.59. The fourth-order valence-electron chi connectivity index (χ4n) is 2.12. The van der Waals surface area contributed by atoms with Gasteiger partial charge in [-0.05, 0) is 36.4 Å². The molecule has 0 heterocycles. The number of guanidine groups is 1. The fraction of sp³-hybridized carbons (Fsp3) is 0.235. The van der Waals surface area contributed by atoms with Crippen molar-refractivity contribution in [3.8, 4) is 11.5 Å². The van der Waals surface area contributed by atoms with Crippen LogP contribution in [-0.4, -0.2) is 40.1 Å². The predicted molar refractivity (Wildman–Crippen MR) is 119 cm³/mol. The Hall–Kier alpha value is -2.42. The number of rotatable bonds is 8. The van der Waals surface area contributed by atoms with Gasteiger partial charge in [0.1, 0.15) is 12.4 Å². The van der Waals surface area contributed by atoms with Crippen LogP contribution in [-0.2, 0) is 10.0 Å². The first kappa shape index (κ1) is 25.6. The Morgan fingerprint density at radius 1 is 1.13 bits per heavy atom. The number of para-hydroxylation sites is 2. The number of nitrogens with two attached hydrogens (primary N) is 1. The second-order valence-electron chi connectivity index (χ2n) is 5.68. The summed E-state index contributed by atoms with van der Waals surface area (Å²) >= 11 is 0. The first-order valence-electron chi connectivity index (χ1n) is 8.14. The van der Waals surface area contributed by atoms with Gasteiger partial charge < -0.3 is 20.5 Å². The van der Waals surface area contributed by atoms with Crippen molar-refractivity contribution in [3.05, 3.63) is 48.5 Å². The van der Waals surface area contributed by atoms with Crippen LogP contribution in [0.15, 0.2) is 53.5 Å². The Morgan fingerprint density at radius 2 is 1.77 bits per heavy atom.